The zero-order valence-corrected chi connectivity index (χ0v) is 18.9. The summed E-state index contributed by atoms with van der Waals surface area (Å²) in [4.78, 5) is 18.5. The fourth-order valence-electron chi connectivity index (χ4n) is 3.36. The second-order valence-electron chi connectivity index (χ2n) is 7.80. The number of benzene rings is 2. The summed E-state index contributed by atoms with van der Waals surface area (Å²) in [5, 5.41) is 24.0. The van der Waals surface area contributed by atoms with Crippen LogP contribution < -0.4 is 11.1 Å². The number of furan rings is 1. The third-order valence-corrected chi connectivity index (χ3v) is 5.15. The van der Waals surface area contributed by atoms with E-state index < -0.39 is 0 Å². The molecule has 2 aromatic carbocycles. The molecule has 0 aliphatic heterocycles. The van der Waals surface area contributed by atoms with Crippen LogP contribution in [0.25, 0.3) is 5.41 Å². The van der Waals surface area contributed by atoms with Crippen molar-refractivity contribution in [2.75, 3.05) is 7.05 Å². The van der Waals surface area contributed by atoms with Gasteiger partial charge in [0.05, 0.1) is 11.8 Å². The molecule has 0 aliphatic rings. The number of aryl methyl sites for hydroxylation is 1. The van der Waals surface area contributed by atoms with Crippen molar-refractivity contribution in [2.24, 2.45) is 10.7 Å². The number of amidine groups is 2. The van der Waals surface area contributed by atoms with E-state index in [-0.39, 0.29) is 40.6 Å². The highest BCUT2D eigenvalue weighted by molar-refractivity contribution is 6.41. The molecule has 0 bridgehead atoms. The standard InChI is InChI=1S/C25H28N5O3/c1-4-19(21-13-16(2)15-33-21)28-23(26)24(27)29-20-12-8-11-18(22(20)31)25(32)30(3)14-17-9-6-5-7-10-17/h5-13,15,19H,4,14H2,1-3H3,(H4-,26,27,28,29,31,32)/q-1/t19-/m1/s1. The van der Waals surface area contributed by atoms with Crippen molar-refractivity contribution in [2.45, 2.75) is 32.9 Å². The topological polar surface area (TPSA) is 126 Å². The second-order valence-corrected chi connectivity index (χ2v) is 7.80. The molecule has 3 rings (SSSR count). The van der Waals surface area contributed by atoms with E-state index in [0.717, 1.165) is 11.1 Å². The number of para-hydroxylation sites is 1. The Morgan fingerprint density at radius 3 is 2.61 bits per heavy atom. The van der Waals surface area contributed by atoms with Crippen LogP contribution in [0.1, 0.15) is 46.6 Å². The summed E-state index contributed by atoms with van der Waals surface area (Å²) in [5.41, 5.74) is 8.05. The first-order valence-electron chi connectivity index (χ1n) is 10.6. The Hall–Kier alpha value is -4.07. The number of hydrogen-bond donors (Lipinski definition) is 3. The molecular formula is C25H28N5O3-. The fourth-order valence-corrected chi connectivity index (χ4v) is 3.36. The van der Waals surface area contributed by atoms with E-state index in [0.29, 0.717) is 18.7 Å². The van der Waals surface area contributed by atoms with Crippen LogP contribution in [0.3, 0.4) is 0 Å². The minimum atomic E-state index is -0.363. The molecule has 0 radical (unpaired) electrons. The number of carbonyl (C=O) groups is 1. The Morgan fingerprint density at radius 1 is 1.24 bits per heavy atom. The summed E-state index contributed by atoms with van der Waals surface area (Å²) in [6.07, 6.45) is 2.26. The van der Waals surface area contributed by atoms with Crippen LogP contribution in [0.2, 0.25) is 0 Å². The van der Waals surface area contributed by atoms with Crippen molar-refractivity contribution < 1.29 is 14.3 Å². The molecule has 0 saturated heterocycles. The van der Waals surface area contributed by atoms with E-state index in [4.69, 9.17) is 10.2 Å². The van der Waals surface area contributed by atoms with Gasteiger partial charge < -0.3 is 30.9 Å². The molecule has 0 unspecified atom stereocenters. The van der Waals surface area contributed by atoms with Gasteiger partial charge in [0.2, 0.25) is 0 Å². The minimum Gasteiger partial charge on any atom is -0.505 e. The third-order valence-electron chi connectivity index (χ3n) is 5.15. The number of amides is 1. The van der Waals surface area contributed by atoms with Gasteiger partial charge in [-0.05, 0) is 48.5 Å². The van der Waals surface area contributed by atoms with Crippen LogP contribution in [-0.4, -0.2) is 34.6 Å². The number of nitrogens with zero attached hydrogens (tertiary/aromatic N) is 3. The van der Waals surface area contributed by atoms with E-state index in [1.165, 1.54) is 17.0 Å². The molecule has 1 aromatic heterocycles. The Morgan fingerprint density at radius 2 is 1.97 bits per heavy atom. The van der Waals surface area contributed by atoms with Crippen molar-refractivity contribution in [1.82, 2.24) is 10.2 Å². The molecule has 4 N–H and O–H groups in total. The van der Waals surface area contributed by atoms with Crippen LogP contribution in [0.4, 0.5) is 5.69 Å². The molecule has 1 atom stereocenters. The summed E-state index contributed by atoms with van der Waals surface area (Å²) in [7, 11) is 1.66. The molecular weight excluding hydrogens is 418 g/mol. The maximum Gasteiger partial charge on any atom is 0.257 e. The summed E-state index contributed by atoms with van der Waals surface area (Å²) in [5.74, 6) is -0.599. The first-order chi connectivity index (χ1) is 15.8. The number of aliphatic imine (C=N–C) groups is 1. The molecule has 0 aliphatic carbocycles. The highest BCUT2D eigenvalue weighted by atomic mass is 16.3. The van der Waals surface area contributed by atoms with Gasteiger partial charge in [-0.1, -0.05) is 43.3 Å². The summed E-state index contributed by atoms with van der Waals surface area (Å²) >= 11 is 0. The van der Waals surface area contributed by atoms with Gasteiger partial charge in [-0.15, -0.1) is 0 Å². The van der Waals surface area contributed by atoms with E-state index in [9.17, 15) is 15.3 Å². The van der Waals surface area contributed by atoms with Crippen LogP contribution in [0.15, 0.2) is 70.3 Å². The smallest absolute Gasteiger partial charge is 0.257 e. The molecule has 8 nitrogen and oxygen atoms in total. The number of phenols is 1. The highest BCUT2D eigenvalue weighted by Crippen LogP contribution is 2.31. The van der Waals surface area contributed by atoms with Gasteiger partial charge in [0.25, 0.3) is 5.91 Å². The van der Waals surface area contributed by atoms with Crippen LogP contribution in [0.5, 0.6) is 5.75 Å². The largest absolute Gasteiger partial charge is 0.505 e. The van der Waals surface area contributed by atoms with Crippen LogP contribution in [-0.2, 0) is 6.54 Å². The number of nitrogens with one attached hydrogen (secondary N) is 1. The fraction of sp³-hybridized carbons (Fsp3) is 0.240. The van der Waals surface area contributed by atoms with Crippen LogP contribution in [0, 0.1) is 6.92 Å². The zero-order valence-electron chi connectivity index (χ0n) is 18.9. The van der Waals surface area contributed by atoms with Crippen molar-refractivity contribution in [3.05, 3.63) is 88.7 Å². The van der Waals surface area contributed by atoms with Gasteiger partial charge in [0.1, 0.15) is 17.3 Å². The van der Waals surface area contributed by atoms with Gasteiger partial charge in [0, 0.05) is 19.6 Å². The quantitative estimate of drug-likeness (QED) is 0.369. The maximum atomic E-state index is 12.9. The molecule has 0 saturated carbocycles. The van der Waals surface area contributed by atoms with Crippen molar-refractivity contribution in [3.8, 4) is 5.75 Å². The van der Waals surface area contributed by atoms with Gasteiger partial charge in [-0.3, -0.25) is 4.79 Å². The Kier molecular flexibility index (Phi) is 7.50. The predicted octanol–water partition coefficient (Wildman–Crippen LogP) is 4.26. The van der Waals surface area contributed by atoms with Crippen molar-refractivity contribution in [3.63, 3.8) is 0 Å². The molecule has 3 aromatic rings. The van der Waals surface area contributed by atoms with Gasteiger partial charge >= 0.3 is 0 Å². The molecule has 0 spiro atoms. The van der Waals surface area contributed by atoms with Gasteiger partial charge in [-0.25, -0.2) is 4.99 Å². The number of hydrogen-bond acceptors (Lipinski definition) is 4. The first-order valence-corrected chi connectivity index (χ1v) is 10.6. The average Bonchev–Trinajstić information content (AvgIpc) is 3.24. The monoisotopic (exact) mass is 446 g/mol. The predicted molar refractivity (Wildman–Crippen MR) is 130 cm³/mol. The number of aromatic hydroxyl groups is 1. The lowest BCUT2D eigenvalue weighted by Gasteiger charge is -2.24. The SMILES string of the molecule is CC[C@@H](NC(=[N-])C(N)=Nc1cccc(C(=O)N(C)Cc2ccccc2)c1O)c1cc(C)co1. The maximum absolute atomic E-state index is 12.9. The lowest BCUT2D eigenvalue weighted by Crippen LogP contribution is -2.37. The lowest BCUT2D eigenvalue weighted by atomic mass is 10.1. The average molecular weight is 447 g/mol. The summed E-state index contributed by atoms with van der Waals surface area (Å²) < 4.78 is 5.49. The summed E-state index contributed by atoms with van der Waals surface area (Å²) in [6.45, 7) is 4.23. The van der Waals surface area contributed by atoms with Gasteiger partial charge in [-0.2, -0.15) is 0 Å². The van der Waals surface area contributed by atoms with E-state index in [2.05, 4.69) is 10.3 Å². The minimum absolute atomic E-state index is 0.0710. The lowest BCUT2D eigenvalue weighted by molar-refractivity contribution is 0.0782. The van der Waals surface area contributed by atoms with Gasteiger partial charge in [0.15, 0.2) is 5.75 Å². The molecule has 8 heteroatoms. The number of nitrogens with two attached hydrogens (primary N) is 1. The van der Waals surface area contributed by atoms with E-state index >= 15 is 0 Å². The zero-order chi connectivity index (χ0) is 24.0. The normalized spacial score (nSPS) is 12.3. The molecule has 0 fully saturated rings. The second kappa shape index (κ2) is 10.5. The molecule has 1 heterocycles. The van der Waals surface area contributed by atoms with E-state index in [1.807, 2.05) is 50.2 Å². The van der Waals surface area contributed by atoms with Crippen LogP contribution >= 0.6 is 0 Å². The number of phenolic OH excluding ortho intramolecular Hbond substituents is 1. The molecule has 172 valence electrons. The van der Waals surface area contributed by atoms with Crippen molar-refractivity contribution >= 4 is 23.3 Å². The first kappa shape index (κ1) is 23.6. The Bertz CT molecular complexity index is 1150. The molecule has 1 amide bonds. The third kappa shape index (κ3) is 5.79. The Balaban J connectivity index is 1.75. The highest BCUT2D eigenvalue weighted by Gasteiger charge is 2.18. The molecule has 33 heavy (non-hydrogen) atoms. The van der Waals surface area contributed by atoms with Crippen molar-refractivity contribution in [1.29, 1.82) is 0 Å². The number of rotatable bonds is 7. The summed E-state index contributed by atoms with van der Waals surface area (Å²) in [6, 6.07) is 15.7. The van der Waals surface area contributed by atoms with E-state index in [1.54, 1.807) is 19.4 Å². The number of carbonyl (C=O) groups excluding carboxylic acids is 1. The Labute approximate surface area is 193 Å².